The maximum atomic E-state index is 5.90. The highest BCUT2D eigenvalue weighted by Crippen LogP contribution is 2.33. The number of nitrogens with one attached hydrogen (secondary N) is 1. The van der Waals surface area contributed by atoms with E-state index in [9.17, 15) is 0 Å². The number of fused-ring (bicyclic) bond motifs is 1. The van der Waals surface area contributed by atoms with Gasteiger partial charge in [-0.25, -0.2) is 0 Å². The van der Waals surface area contributed by atoms with Crippen molar-refractivity contribution >= 4 is 26.7 Å². The van der Waals surface area contributed by atoms with Crippen LogP contribution in [-0.4, -0.2) is 19.2 Å². The van der Waals surface area contributed by atoms with Gasteiger partial charge in [0.2, 0.25) is 0 Å². The second-order valence-electron chi connectivity index (χ2n) is 5.42. The zero-order valence-electron chi connectivity index (χ0n) is 12.9. The molecule has 0 fully saturated rings. The lowest BCUT2D eigenvalue weighted by atomic mass is 10.1. The molecule has 0 aliphatic carbocycles. The van der Waals surface area contributed by atoms with Crippen LogP contribution in [0.25, 0.3) is 10.8 Å². The Balaban J connectivity index is 1.80. The summed E-state index contributed by atoms with van der Waals surface area (Å²) in [6.45, 7) is 6.26. The molecular formula is C18H24BrNO. The third-order valence-electron chi connectivity index (χ3n) is 3.76. The first kappa shape index (κ1) is 16.3. The Bertz CT molecular complexity index is 570. The lowest BCUT2D eigenvalue weighted by molar-refractivity contribution is 0.303. The van der Waals surface area contributed by atoms with Crippen LogP contribution in [0.3, 0.4) is 0 Å². The van der Waals surface area contributed by atoms with Gasteiger partial charge in [0.25, 0.3) is 0 Å². The first-order chi connectivity index (χ1) is 10.2. The van der Waals surface area contributed by atoms with Crippen LogP contribution in [0.4, 0.5) is 0 Å². The van der Waals surface area contributed by atoms with E-state index in [1.807, 2.05) is 6.07 Å². The van der Waals surface area contributed by atoms with Crippen LogP contribution < -0.4 is 10.1 Å². The zero-order valence-corrected chi connectivity index (χ0v) is 14.4. The molecule has 0 radical (unpaired) electrons. The van der Waals surface area contributed by atoms with Crippen molar-refractivity contribution in [3.63, 3.8) is 0 Å². The van der Waals surface area contributed by atoms with Gasteiger partial charge in [-0.3, -0.25) is 0 Å². The van der Waals surface area contributed by atoms with E-state index in [1.165, 1.54) is 17.2 Å². The Morgan fingerprint density at radius 2 is 1.95 bits per heavy atom. The molecule has 2 aromatic carbocycles. The number of ether oxygens (including phenoxy) is 1. The van der Waals surface area contributed by atoms with Crippen molar-refractivity contribution in [1.29, 1.82) is 0 Å². The Labute approximate surface area is 136 Å². The number of benzene rings is 2. The molecule has 0 spiro atoms. The predicted molar refractivity (Wildman–Crippen MR) is 94.1 cm³/mol. The standard InChI is InChI=1S/C18H24BrNO/c1-3-14(2)20-12-6-7-13-21-17-11-10-15-8-4-5-9-16(15)18(17)19/h4-5,8-11,14,20H,3,6-7,12-13H2,1-2H3. The van der Waals surface area contributed by atoms with Gasteiger partial charge in [0.05, 0.1) is 11.1 Å². The van der Waals surface area contributed by atoms with Crippen molar-refractivity contribution < 1.29 is 4.74 Å². The van der Waals surface area contributed by atoms with Crippen LogP contribution in [0.15, 0.2) is 40.9 Å². The maximum absolute atomic E-state index is 5.90. The number of hydrogen-bond donors (Lipinski definition) is 1. The van der Waals surface area contributed by atoms with Gasteiger partial charge < -0.3 is 10.1 Å². The van der Waals surface area contributed by atoms with Crippen LogP contribution in [0.5, 0.6) is 5.75 Å². The molecule has 2 rings (SSSR count). The minimum atomic E-state index is 0.612. The summed E-state index contributed by atoms with van der Waals surface area (Å²) in [6, 6.07) is 13.1. The van der Waals surface area contributed by atoms with E-state index in [2.05, 4.69) is 65.4 Å². The molecular weight excluding hydrogens is 326 g/mol. The van der Waals surface area contributed by atoms with E-state index in [4.69, 9.17) is 4.74 Å². The smallest absolute Gasteiger partial charge is 0.134 e. The highest BCUT2D eigenvalue weighted by atomic mass is 79.9. The quantitative estimate of drug-likeness (QED) is 0.665. The van der Waals surface area contributed by atoms with E-state index in [1.54, 1.807) is 0 Å². The average Bonchev–Trinajstić information content (AvgIpc) is 2.52. The minimum Gasteiger partial charge on any atom is -0.492 e. The minimum absolute atomic E-state index is 0.612. The maximum Gasteiger partial charge on any atom is 0.134 e. The molecule has 21 heavy (non-hydrogen) atoms. The first-order valence-electron chi connectivity index (χ1n) is 7.75. The summed E-state index contributed by atoms with van der Waals surface area (Å²) < 4.78 is 6.96. The van der Waals surface area contributed by atoms with Crippen LogP contribution in [0.2, 0.25) is 0 Å². The van der Waals surface area contributed by atoms with Gasteiger partial charge in [-0.2, -0.15) is 0 Å². The van der Waals surface area contributed by atoms with E-state index in [0.29, 0.717) is 6.04 Å². The largest absolute Gasteiger partial charge is 0.492 e. The van der Waals surface area contributed by atoms with Crippen molar-refractivity contribution in [2.24, 2.45) is 0 Å². The van der Waals surface area contributed by atoms with Crippen molar-refractivity contribution in [3.8, 4) is 5.75 Å². The molecule has 3 heteroatoms. The van der Waals surface area contributed by atoms with Crippen molar-refractivity contribution in [1.82, 2.24) is 5.32 Å². The fourth-order valence-corrected chi connectivity index (χ4v) is 2.83. The van der Waals surface area contributed by atoms with Crippen molar-refractivity contribution in [3.05, 3.63) is 40.9 Å². The molecule has 0 bridgehead atoms. The topological polar surface area (TPSA) is 21.3 Å². The van der Waals surface area contributed by atoms with E-state index >= 15 is 0 Å². The van der Waals surface area contributed by atoms with E-state index in [-0.39, 0.29) is 0 Å². The van der Waals surface area contributed by atoms with Gasteiger partial charge in [-0.15, -0.1) is 0 Å². The van der Waals surface area contributed by atoms with E-state index in [0.717, 1.165) is 36.2 Å². The van der Waals surface area contributed by atoms with Crippen LogP contribution in [0, 0.1) is 0 Å². The second-order valence-corrected chi connectivity index (χ2v) is 6.21. The summed E-state index contributed by atoms with van der Waals surface area (Å²) in [5.74, 6) is 0.934. The number of rotatable bonds is 8. The molecule has 0 saturated carbocycles. The summed E-state index contributed by atoms with van der Waals surface area (Å²) in [5, 5.41) is 5.93. The molecule has 1 atom stereocenters. The summed E-state index contributed by atoms with van der Waals surface area (Å²) in [4.78, 5) is 0. The fourth-order valence-electron chi connectivity index (χ4n) is 2.23. The summed E-state index contributed by atoms with van der Waals surface area (Å²) in [5.41, 5.74) is 0. The van der Waals surface area contributed by atoms with Gasteiger partial charge in [0.1, 0.15) is 5.75 Å². The summed E-state index contributed by atoms with van der Waals surface area (Å²) in [7, 11) is 0. The summed E-state index contributed by atoms with van der Waals surface area (Å²) >= 11 is 3.66. The van der Waals surface area contributed by atoms with Gasteiger partial charge >= 0.3 is 0 Å². The monoisotopic (exact) mass is 349 g/mol. The molecule has 0 heterocycles. The highest BCUT2D eigenvalue weighted by molar-refractivity contribution is 9.10. The molecule has 0 amide bonds. The fraction of sp³-hybridized carbons (Fsp3) is 0.444. The Kier molecular flexibility index (Phi) is 6.52. The van der Waals surface area contributed by atoms with Gasteiger partial charge in [0.15, 0.2) is 0 Å². The molecule has 0 aliphatic rings. The van der Waals surface area contributed by atoms with Gasteiger partial charge in [-0.1, -0.05) is 37.3 Å². The molecule has 0 aliphatic heterocycles. The molecule has 0 aromatic heterocycles. The highest BCUT2D eigenvalue weighted by Gasteiger charge is 2.05. The molecule has 114 valence electrons. The van der Waals surface area contributed by atoms with Crippen LogP contribution >= 0.6 is 15.9 Å². The van der Waals surface area contributed by atoms with Crippen molar-refractivity contribution in [2.75, 3.05) is 13.2 Å². The van der Waals surface area contributed by atoms with Crippen LogP contribution in [0.1, 0.15) is 33.1 Å². The first-order valence-corrected chi connectivity index (χ1v) is 8.55. The zero-order chi connectivity index (χ0) is 15.1. The van der Waals surface area contributed by atoms with E-state index < -0.39 is 0 Å². The van der Waals surface area contributed by atoms with Crippen LogP contribution in [-0.2, 0) is 0 Å². The molecule has 2 aromatic rings. The number of unbranched alkanes of at least 4 members (excludes halogenated alkanes) is 1. The number of hydrogen-bond acceptors (Lipinski definition) is 2. The number of halogens is 1. The Morgan fingerprint density at radius 1 is 1.14 bits per heavy atom. The molecule has 1 unspecified atom stereocenters. The summed E-state index contributed by atoms with van der Waals surface area (Å²) in [6.07, 6.45) is 3.40. The lowest BCUT2D eigenvalue weighted by Crippen LogP contribution is -2.26. The lowest BCUT2D eigenvalue weighted by Gasteiger charge is -2.12. The third-order valence-corrected chi connectivity index (χ3v) is 4.58. The van der Waals surface area contributed by atoms with Crippen molar-refractivity contribution in [2.45, 2.75) is 39.2 Å². The second kappa shape index (κ2) is 8.40. The Morgan fingerprint density at radius 3 is 2.76 bits per heavy atom. The van der Waals surface area contributed by atoms with Gasteiger partial charge in [-0.05, 0) is 65.5 Å². The Hall–Kier alpha value is -1.06. The molecule has 0 saturated heterocycles. The average molecular weight is 350 g/mol. The third kappa shape index (κ3) is 4.72. The molecule has 2 nitrogen and oxygen atoms in total. The van der Waals surface area contributed by atoms with Gasteiger partial charge in [0, 0.05) is 6.04 Å². The SMILES string of the molecule is CCC(C)NCCCCOc1ccc2ccccc2c1Br. The normalized spacial score (nSPS) is 12.5. The predicted octanol–water partition coefficient (Wildman–Crippen LogP) is 5.15. The molecule has 1 N–H and O–H groups in total.